The first-order valence-electron chi connectivity index (χ1n) is 13.0. The minimum Gasteiger partial charge on any atom is -0.459 e. The molecule has 1 saturated heterocycles. The smallest absolute Gasteiger partial charge is 0.330 e. The SMILES string of the molecule is C#CC.Cc1cc(C(=O)Nc2cccn(CC(=O)N[C@H](/C=C/C(=O)OC3CCC3)C[C@@H]3CCNC3=O)c2=O)no1. The largest absolute Gasteiger partial charge is 0.459 e. The topological polar surface area (TPSA) is 162 Å². The fourth-order valence-electron chi connectivity index (χ4n) is 4.07. The van der Waals surface area contributed by atoms with E-state index in [1.54, 1.807) is 13.8 Å². The number of aromatic nitrogens is 2. The van der Waals surface area contributed by atoms with Crippen LogP contribution in [0.5, 0.6) is 0 Å². The molecule has 4 rings (SSSR count). The van der Waals surface area contributed by atoms with E-state index in [0.717, 1.165) is 23.8 Å². The van der Waals surface area contributed by atoms with E-state index in [-0.39, 0.29) is 35.9 Å². The van der Waals surface area contributed by atoms with Crippen molar-refractivity contribution in [3.8, 4) is 12.3 Å². The van der Waals surface area contributed by atoms with Crippen LogP contribution in [0.1, 0.15) is 55.3 Å². The molecule has 0 bridgehead atoms. The molecule has 1 saturated carbocycles. The number of ether oxygens (including phenoxy) is 1. The van der Waals surface area contributed by atoms with E-state index in [1.807, 2.05) is 0 Å². The van der Waals surface area contributed by atoms with Crippen LogP contribution in [-0.4, -0.2) is 52.1 Å². The van der Waals surface area contributed by atoms with Gasteiger partial charge in [0.05, 0.1) is 0 Å². The molecule has 2 aliphatic rings. The van der Waals surface area contributed by atoms with Crippen molar-refractivity contribution in [3.63, 3.8) is 0 Å². The molecule has 3 heterocycles. The third-order valence-corrected chi connectivity index (χ3v) is 6.29. The zero-order valence-electron chi connectivity index (χ0n) is 22.5. The summed E-state index contributed by atoms with van der Waals surface area (Å²) in [5.74, 6) is 0.665. The van der Waals surface area contributed by atoms with Crippen LogP contribution in [0, 0.1) is 25.2 Å². The van der Waals surface area contributed by atoms with E-state index in [9.17, 15) is 24.0 Å². The zero-order chi connectivity index (χ0) is 29.1. The van der Waals surface area contributed by atoms with Crippen LogP contribution in [0.15, 0.2) is 45.9 Å². The van der Waals surface area contributed by atoms with Gasteiger partial charge in [0.1, 0.15) is 24.1 Å². The highest BCUT2D eigenvalue weighted by Gasteiger charge is 2.27. The van der Waals surface area contributed by atoms with Gasteiger partial charge in [-0.25, -0.2) is 4.79 Å². The van der Waals surface area contributed by atoms with Gasteiger partial charge in [-0.3, -0.25) is 19.2 Å². The van der Waals surface area contributed by atoms with Gasteiger partial charge in [0.15, 0.2) is 5.69 Å². The van der Waals surface area contributed by atoms with Gasteiger partial charge in [0.2, 0.25) is 11.8 Å². The first-order valence-corrected chi connectivity index (χ1v) is 13.0. The van der Waals surface area contributed by atoms with Crippen LogP contribution in [-0.2, 0) is 25.7 Å². The number of nitrogens with zero attached hydrogens (tertiary/aromatic N) is 2. The van der Waals surface area contributed by atoms with Crippen molar-refractivity contribution in [2.45, 2.75) is 64.6 Å². The predicted molar refractivity (Wildman–Crippen MR) is 145 cm³/mol. The molecule has 0 aromatic carbocycles. The predicted octanol–water partition coefficient (Wildman–Crippen LogP) is 1.70. The Bertz CT molecular complexity index is 1350. The Morgan fingerprint density at radius 2 is 2.08 bits per heavy atom. The lowest BCUT2D eigenvalue weighted by Crippen LogP contribution is -2.40. The summed E-state index contributed by atoms with van der Waals surface area (Å²) in [6, 6.07) is 3.75. The molecule has 0 radical (unpaired) electrons. The molecule has 2 fully saturated rings. The van der Waals surface area contributed by atoms with Crippen molar-refractivity contribution < 1.29 is 28.4 Å². The Labute approximate surface area is 231 Å². The zero-order valence-corrected chi connectivity index (χ0v) is 22.5. The highest BCUT2D eigenvalue weighted by molar-refractivity contribution is 6.02. The second kappa shape index (κ2) is 14.5. The minimum absolute atomic E-state index is 0.0199. The van der Waals surface area contributed by atoms with Gasteiger partial charge in [-0.2, -0.15) is 0 Å². The lowest BCUT2D eigenvalue weighted by Gasteiger charge is -2.24. The maximum atomic E-state index is 12.8. The highest BCUT2D eigenvalue weighted by Crippen LogP contribution is 2.22. The second-order valence-corrected chi connectivity index (χ2v) is 9.46. The number of carbonyl (C=O) groups is 4. The summed E-state index contributed by atoms with van der Waals surface area (Å²) >= 11 is 0. The normalized spacial score (nSPS) is 17.0. The summed E-state index contributed by atoms with van der Waals surface area (Å²) in [6.07, 6.45) is 12.4. The molecule has 0 spiro atoms. The molecule has 12 heteroatoms. The Morgan fingerprint density at radius 3 is 2.67 bits per heavy atom. The fraction of sp³-hybridized carbons (Fsp3) is 0.429. The molecule has 0 unspecified atom stereocenters. The van der Waals surface area contributed by atoms with E-state index < -0.39 is 29.4 Å². The van der Waals surface area contributed by atoms with Crippen LogP contribution < -0.4 is 21.5 Å². The van der Waals surface area contributed by atoms with Gasteiger partial charge < -0.3 is 29.8 Å². The molecular weight excluding hydrogens is 518 g/mol. The number of pyridine rings is 1. The lowest BCUT2D eigenvalue weighted by atomic mass is 9.96. The molecule has 3 amide bonds. The Balaban J connectivity index is 0.00000141. The summed E-state index contributed by atoms with van der Waals surface area (Å²) in [5, 5.41) is 11.6. The van der Waals surface area contributed by atoms with Gasteiger partial charge in [0, 0.05) is 36.8 Å². The van der Waals surface area contributed by atoms with Gasteiger partial charge in [-0.15, -0.1) is 12.3 Å². The molecule has 3 N–H and O–H groups in total. The molecule has 40 heavy (non-hydrogen) atoms. The molecular formula is C28H33N5O7. The van der Waals surface area contributed by atoms with Crippen molar-refractivity contribution in [2.24, 2.45) is 5.92 Å². The number of hydrogen-bond acceptors (Lipinski definition) is 8. The van der Waals surface area contributed by atoms with E-state index in [1.165, 1.54) is 36.5 Å². The summed E-state index contributed by atoms with van der Waals surface area (Å²) in [6.45, 7) is 3.51. The second-order valence-electron chi connectivity index (χ2n) is 9.46. The molecule has 2 aromatic heterocycles. The third-order valence-electron chi connectivity index (χ3n) is 6.29. The van der Waals surface area contributed by atoms with Crippen molar-refractivity contribution in [1.82, 2.24) is 20.4 Å². The summed E-state index contributed by atoms with van der Waals surface area (Å²) in [7, 11) is 0. The quantitative estimate of drug-likeness (QED) is 0.228. The van der Waals surface area contributed by atoms with Crippen LogP contribution >= 0.6 is 0 Å². The Hall–Kier alpha value is -4.66. The van der Waals surface area contributed by atoms with E-state index in [0.29, 0.717) is 25.1 Å². The van der Waals surface area contributed by atoms with Crippen molar-refractivity contribution in [3.05, 3.63) is 58.4 Å². The number of anilines is 1. The average Bonchev–Trinajstić information content (AvgIpc) is 3.50. The van der Waals surface area contributed by atoms with E-state index in [2.05, 4.69) is 33.5 Å². The monoisotopic (exact) mass is 551 g/mol. The van der Waals surface area contributed by atoms with E-state index >= 15 is 0 Å². The summed E-state index contributed by atoms with van der Waals surface area (Å²) in [4.78, 5) is 62.2. The van der Waals surface area contributed by atoms with Gasteiger partial charge in [-0.1, -0.05) is 11.2 Å². The van der Waals surface area contributed by atoms with Crippen LogP contribution in [0.3, 0.4) is 0 Å². The highest BCUT2D eigenvalue weighted by atomic mass is 16.5. The Kier molecular flexibility index (Phi) is 10.8. The summed E-state index contributed by atoms with van der Waals surface area (Å²) < 4.78 is 11.3. The molecule has 1 aliphatic heterocycles. The number of nitrogens with one attached hydrogen (secondary N) is 3. The number of terminal acetylenes is 1. The molecule has 2 aromatic rings. The lowest BCUT2D eigenvalue weighted by molar-refractivity contribution is -0.146. The number of esters is 1. The van der Waals surface area contributed by atoms with Crippen LogP contribution in [0.2, 0.25) is 0 Å². The van der Waals surface area contributed by atoms with Gasteiger partial charge in [-0.05, 0) is 58.1 Å². The summed E-state index contributed by atoms with van der Waals surface area (Å²) in [5.41, 5.74) is -0.595. The molecule has 212 valence electrons. The number of aryl methyl sites for hydroxylation is 1. The van der Waals surface area contributed by atoms with Crippen molar-refractivity contribution in [2.75, 3.05) is 11.9 Å². The Morgan fingerprint density at radius 1 is 1.32 bits per heavy atom. The number of hydrogen-bond donors (Lipinski definition) is 3. The average molecular weight is 552 g/mol. The maximum Gasteiger partial charge on any atom is 0.330 e. The van der Waals surface area contributed by atoms with Gasteiger partial charge >= 0.3 is 5.97 Å². The van der Waals surface area contributed by atoms with Crippen LogP contribution in [0.4, 0.5) is 5.69 Å². The first kappa shape index (κ1) is 29.9. The molecule has 2 atom stereocenters. The molecule has 1 aliphatic carbocycles. The molecule has 12 nitrogen and oxygen atoms in total. The number of rotatable bonds is 10. The van der Waals surface area contributed by atoms with Gasteiger partial charge in [0.25, 0.3) is 11.5 Å². The third kappa shape index (κ3) is 8.69. The fourth-order valence-corrected chi connectivity index (χ4v) is 4.07. The van der Waals surface area contributed by atoms with E-state index in [4.69, 9.17) is 9.26 Å². The minimum atomic E-state index is -0.621. The van der Waals surface area contributed by atoms with Crippen molar-refractivity contribution in [1.29, 1.82) is 0 Å². The number of carbonyl (C=O) groups excluding carboxylic acids is 4. The maximum absolute atomic E-state index is 12.8. The standard InChI is InChI=1S/C25H29N5O7.C3H4/c1-15-12-20(29-37-15)24(34)28-19-6-3-11-30(25(19)35)14-21(31)27-17(13-16-9-10-26-23(16)33)7-8-22(32)36-18-4-2-5-18;1-3-2/h3,6-8,11-12,16-18H,2,4-5,9-10,13-14H2,1H3,(H,26,33)(H,27,31)(H,28,34);1H,2H3/b8-7+;/t16-,17+;/m0./s1. The van der Waals surface area contributed by atoms with Crippen LogP contribution in [0.25, 0.3) is 0 Å². The first-order chi connectivity index (χ1) is 19.2. The number of amides is 3. The van der Waals surface area contributed by atoms with Crippen molar-refractivity contribution >= 4 is 29.4 Å².